The van der Waals surface area contributed by atoms with Crippen molar-refractivity contribution in [3.05, 3.63) is 0 Å². The summed E-state index contributed by atoms with van der Waals surface area (Å²) < 4.78 is 10.6. The van der Waals surface area contributed by atoms with Crippen molar-refractivity contribution in [2.24, 2.45) is 11.7 Å². The maximum atomic E-state index is 6.12. The molecular formula is C15H32N2O2. The molecule has 2 N–H and O–H groups in total. The van der Waals surface area contributed by atoms with Crippen LogP contribution in [0.15, 0.2) is 0 Å². The maximum Gasteiger partial charge on any atom is 0.0615 e. The molecule has 0 spiro atoms. The lowest BCUT2D eigenvalue weighted by Crippen LogP contribution is -2.58. The number of hydrogen-bond acceptors (Lipinski definition) is 4. The van der Waals surface area contributed by atoms with E-state index in [2.05, 4.69) is 18.7 Å². The molecule has 1 aliphatic carbocycles. The molecule has 1 aliphatic rings. The monoisotopic (exact) mass is 272 g/mol. The molecule has 2 unspecified atom stereocenters. The zero-order chi connectivity index (χ0) is 14.3. The van der Waals surface area contributed by atoms with Gasteiger partial charge >= 0.3 is 0 Å². The molecule has 0 radical (unpaired) electrons. The van der Waals surface area contributed by atoms with Crippen LogP contribution in [0, 0.1) is 5.92 Å². The average molecular weight is 272 g/mol. The van der Waals surface area contributed by atoms with E-state index in [9.17, 15) is 0 Å². The Labute approximate surface area is 118 Å². The Morgan fingerprint density at radius 3 is 2.42 bits per heavy atom. The standard InChI is InChI=1S/C15H32N2O2/c1-13(11-19-4)17(8-9-18-3)15(2,12-16)10-14-6-5-7-14/h13-14H,5-12,16H2,1-4H3. The summed E-state index contributed by atoms with van der Waals surface area (Å²) in [7, 11) is 3.52. The predicted octanol–water partition coefficient (Wildman–Crippen LogP) is 1.88. The number of methoxy groups -OCH3 is 2. The summed E-state index contributed by atoms with van der Waals surface area (Å²) in [4.78, 5) is 2.48. The summed E-state index contributed by atoms with van der Waals surface area (Å²) in [5.41, 5.74) is 6.17. The van der Waals surface area contributed by atoms with Crippen LogP contribution in [0.2, 0.25) is 0 Å². The van der Waals surface area contributed by atoms with E-state index in [1.54, 1.807) is 14.2 Å². The fourth-order valence-electron chi connectivity index (χ4n) is 3.18. The molecule has 114 valence electrons. The van der Waals surface area contributed by atoms with Crippen LogP contribution in [0.1, 0.15) is 39.5 Å². The van der Waals surface area contributed by atoms with Gasteiger partial charge in [-0.05, 0) is 26.2 Å². The quantitative estimate of drug-likeness (QED) is 0.659. The molecular weight excluding hydrogens is 240 g/mol. The van der Waals surface area contributed by atoms with Gasteiger partial charge in [0.2, 0.25) is 0 Å². The second kappa shape index (κ2) is 8.20. The zero-order valence-corrected chi connectivity index (χ0v) is 13.2. The van der Waals surface area contributed by atoms with Crippen LogP contribution in [-0.2, 0) is 9.47 Å². The Kier molecular flexibility index (Phi) is 7.29. The Balaban J connectivity index is 2.70. The number of rotatable bonds is 10. The Morgan fingerprint density at radius 1 is 1.32 bits per heavy atom. The lowest BCUT2D eigenvalue weighted by Gasteiger charge is -2.47. The van der Waals surface area contributed by atoms with Crippen molar-refractivity contribution in [2.75, 3.05) is 40.5 Å². The minimum Gasteiger partial charge on any atom is -0.383 e. The lowest BCUT2D eigenvalue weighted by atomic mass is 9.75. The van der Waals surface area contributed by atoms with E-state index in [0.29, 0.717) is 12.6 Å². The van der Waals surface area contributed by atoms with Crippen molar-refractivity contribution in [1.29, 1.82) is 0 Å². The van der Waals surface area contributed by atoms with Gasteiger partial charge in [0.05, 0.1) is 13.2 Å². The Morgan fingerprint density at radius 2 is 2.00 bits per heavy atom. The third kappa shape index (κ3) is 4.71. The fourth-order valence-corrected chi connectivity index (χ4v) is 3.18. The molecule has 1 fully saturated rings. The highest BCUT2D eigenvalue weighted by Gasteiger charge is 2.37. The van der Waals surface area contributed by atoms with Gasteiger partial charge in [-0.15, -0.1) is 0 Å². The molecule has 4 nitrogen and oxygen atoms in total. The average Bonchev–Trinajstić information content (AvgIpc) is 2.35. The third-order valence-electron chi connectivity index (χ3n) is 4.56. The molecule has 19 heavy (non-hydrogen) atoms. The van der Waals surface area contributed by atoms with Crippen molar-refractivity contribution in [1.82, 2.24) is 4.90 Å². The second-order valence-electron chi connectivity index (χ2n) is 6.19. The molecule has 0 saturated heterocycles. The summed E-state index contributed by atoms with van der Waals surface area (Å²) in [6.07, 6.45) is 5.32. The van der Waals surface area contributed by atoms with E-state index in [0.717, 1.165) is 25.7 Å². The molecule has 0 aromatic carbocycles. The molecule has 0 amide bonds. The zero-order valence-electron chi connectivity index (χ0n) is 13.2. The molecule has 0 aromatic heterocycles. The van der Waals surface area contributed by atoms with E-state index in [1.807, 2.05) is 0 Å². The largest absolute Gasteiger partial charge is 0.383 e. The first-order valence-electron chi connectivity index (χ1n) is 7.52. The van der Waals surface area contributed by atoms with Crippen LogP contribution in [0.4, 0.5) is 0 Å². The van der Waals surface area contributed by atoms with E-state index in [4.69, 9.17) is 15.2 Å². The Bertz CT molecular complexity index is 246. The number of hydrogen-bond donors (Lipinski definition) is 1. The van der Waals surface area contributed by atoms with Gasteiger partial charge in [0.15, 0.2) is 0 Å². The van der Waals surface area contributed by atoms with Crippen molar-refractivity contribution in [3.63, 3.8) is 0 Å². The second-order valence-corrected chi connectivity index (χ2v) is 6.19. The van der Waals surface area contributed by atoms with Gasteiger partial charge in [-0.25, -0.2) is 0 Å². The van der Waals surface area contributed by atoms with Crippen LogP contribution in [0.5, 0.6) is 0 Å². The smallest absolute Gasteiger partial charge is 0.0615 e. The van der Waals surface area contributed by atoms with E-state index in [1.165, 1.54) is 25.7 Å². The van der Waals surface area contributed by atoms with Gasteiger partial charge < -0.3 is 15.2 Å². The predicted molar refractivity (Wildman–Crippen MR) is 79.3 cm³/mol. The summed E-state index contributed by atoms with van der Waals surface area (Å²) in [5, 5.41) is 0. The highest BCUT2D eigenvalue weighted by atomic mass is 16.5. The SMILES string of the molecule is COCCN(C(C)COC)C(C)(CN)CC1CCC1. The van der Waals surface area contributed by atoms with Crippen molar-refractivity contribution < 1.29 is 9.47 Å². The Hall–Kier alpha value is -0.160. The van der Waals surface area contributed by atoms with Crippen molar-refractivity contribution in [2.45, 2.75) is 51.1 Å². The first-order valence-corrected chi connectivity index (χ1v) is 7.52. The summed E-state index contributed by atoms with van der Waals surface area (Å²) in [6.45, 7) is 7.61. The molecule has 0 aromatic rings. The van der Waals surface area contributed by atoms with Crippen molar-refractivity contribution in [3.8, 4) is 0 Å². The van der Waals surface area contributed by atoms with Gasteiger partial charge in [0, 0.05) is 38.9 Å². The molecule has 4 heteroatoms. The van der Waals surface area contributed by atoms with Gasteiger partial charge in [0.1, 0.15) is 0 Å². The number of nitrogens with two attached hydrogens (primary N) is 1. The molecule has 0 bridgehead atoms. The van der Waals surface area contributed by atoms with Crippen LogP contribution in [0.25, 0.3) is 0 Å². The molecule has 0 aliphatic heterocycles. The molecule has 1 rings (SSSR count). The lowest BCUT2D eigenvalue weighted by molar-refractivity contribution is -0.00944. The van der Waals surface area contributed by atoms with Crippen molar-refractivity contribution >= 4 is 0 Å². The summed E-state index contributed by atoms with van der Waals surface area (Å²) >= 11 is 0. The van der Waals surface area contributed by atoms with Crippen LogP contribution >= 0.6 is 0 Å². The van der Waals surface area contributed by atoms with Crippen LogP contribution in [0.3, 0.4) is 0 Å². The number of ether oxygens (including phenoxy) is 2. The minimum atomic E-state index is 0.0571. The fraction of sp³-hybridized carbons (Fsp3) is 1.00. The van der Waals surface area contributed by atoms with Gasteiger partial charge in [-0.1, -0.05) is 19.3 Å². The number of nitrogens with zero attached hydrogens (tertiary/aromatic N) is 1. The third-order valence-corrected chi connectivity index (χ3v) is 4.56. The molecule has 1 saturated carbocycles. The van der Waals surface area contributed by atoms with E-state index < -0.39 is 0 Å². The van der Waals surface area contributed by atoms with Gasteiger partial charge in [0.25, 0.3) is 0 Å². The molecule has 2 atom stereocenters. The minimum absolute atomic E-state index is 0.0571. The molecule has 0 heterocycles. The first kappa shape index (κ1) is 16.9. The van der Waals surface area contributed by atoms with Gasteiger partial charge in [-0.3, -0.25) is 4.90 Å². The highest BCUT2D eigenvalue weighted by molar-refractivity contribution is 4.93. The van der Waals surface area contributed by atoms with E-state index in [-0.39, 0.29) is 5.54 Å². The van der Waals surface area contributed by atoms with Gasteiger partial charge in [-0.2, -0.15) is 0 Å². The summed E-state index contributed by atoms with van der Waals surface area (Å²) in [6, 6.07) is 0.369. The maximum absolute atomic E-state index is 6.12. The highest BCUT2D eigenvalue weighted by Crippen LogP contribution is 2.36. The van der Waals surface area contributed by atoms with E-state index >= 15 is 0 Å². The summed E-state index contributed by atoms with van der Waals surface area (Å²) in [5.74, 6) is 0.855. The topological polar surface area (TPSA) is 47.7 Å². The normalized spacial score (nSPS) is 21.2. The van der Waals surface area contributed by atoms with Crippen LogP contribution < -0.4 is 5.73 Å². The first-order chi connectivity index (χ1) is 9.07. The van der Waals surface area contributed by atoms with Crippen LogP contribution in [-0.4, -0.2) is 57.0 Å².